The molecule has 0 spiro atoms. The summed E-state index contributed by atoms with van der Waals surface area (Å²) in [5.41, 5.74) is -0.0594. The minimum Gasteiger partial charge on any atom is -0.432 e. The Balaban J connectivity index is 3.75. The summed E-state index contributed by atoms with van der Waals surface area (Å²) in [7, 11) is 1.70. The average Bonchev–Trinajstić information content (AvgIpc) is 2.42. The standard InChI is InChI=1S/C18H31NO3/c1-6-7-8-9-10-11-12-13-14-15-19(5)22-17(20)21-16-18(2,3)4/h7-8,10-11,13-14H,6,9,12,15-16H2,1-5H3/b8-7-,11-10-,14-13-. The zero-order valence-corrected chi connectivity index (χ0v) is 14.7. The van der Waals surface area contributed by atoms with Gasteiger partial charge in [0.1, 0.15) is 0 Å². The van der Waals surface area contributed by atoms with Crippen LogP contribution in [0.25, 0.3) is 0 Å². The molecule has 0 aliphatic carbocycles. The van der Waals surface area contributed by atoms with Crippen LogP contribution in [0.2, 0.25) is 0 Å². The average molecular weight is 309 g/mol. The molecule has 0 aliphatic heterocycles. The maximum absolute atomic E-state index is 11.4. The molecule has 0 aromatic rings. The first-order valence-corrected chi connectivity index (χ1v) is 7.86. The molecule has 4 heteroatoms. The first-order valence-electron chi connectivity index (χ1n) is 7.86. The SMILES string of the molecule is CC/C=C\C/C=C\C/C=C\CN(C)OC(=O)OCC(C)(C)C. The number of hydroxylamine groups is 2. The number of carbonyl (C=O) groups is 1. The normalized spacial score (nSPS) is 12.8. The number of carbonyl (C=O) groups excluding carboxylic acids is 1. The fourth-order valence-corrected chi connectivity index (χ4v) is 1.40. The second-order valence-electron chi connectivity index (χ2n) is 6.29. The van der Waals surface area contributed by atoms with Crippen molar-refractivity contribution in [2.45, 2.75) is 47.0 Å². The quantitative estimate of drug-likeness (QED) is 0.345. The highest BCUT2D eigenvalue weighted by molar-refractivity contribution is 5.59. The molecular formula is C18H31NO3. The molecule has 0 atom stereocenters. The van der Waals surface area contributed by atoms with Gasteiger partial charge < -0.3 is 9.57 Å². The van der Waals surface area contributed by atoms with Gasteiger partial charge in [0.2, 0.25) is 0 Å². The predicted molar refractivity (Wildman–Crippen MR) is 91.5 cm³/mol. The van der Waals surface area contributed by atoms with Crippen LogP contribution in [0.5, 0.6) is 0 Å². The summed E-state index contributed by atoms with van der Waals surface area (Å²) >= 11 is 0. The summed E-state index contributed by atoms with van der Waals surface area (Å²) in [4.78, 5) is 16.4. The van der Waals surface area contributed by atoms with E-state index in [2.05, 4.69) is 31.2 Å². The number of likely N-dealkylation sites (N-methyl/N-ethyl adjacent to an activating group) is 1. The Morgan fingerprint density at radius 1 is 1.00 bits per heavy atom. The Morgan fingerprint density at radius 2 is 1.55 bits per heavy atom. The predicted octanol–water partition coefficient (Wildman–Crippen LogP) is 4.89. The van der Waals surface area contributed by atoms with Crippen LogP contribution < -0.4 is 0 Å². The van der Waals surface area contributed by atoms with Crippen molar-refractivity contribution < 1.29 is 14.4 Å². The molecule has 0 radical (unpaired) electrons. The lowest BCUT2D eigenvalue weighted by Crippen LogP contribution is -2.26. The van der Waals surface area contributed by atoms with Gasteiger partial charge in [-0.3, -0.25) is 0 Å². The van der Waals surface area contributed by atoms with Crippen molar-refractivity contribution in [3.05, 3.63) is 36.5 Å². The van der Waals surface area contributed by atoms with Crippen LogP contribution in [0.4, 0.5) is 4.79 Å². The van der Waals surface area contributed by atoms with Crippen molar-refractivity contribution in [3.8, 4) is 0 Å². The van der Waals surface area contributed by atoms with E-state index < -0.39 is 6.16 Å². The van der Waals surface area contributed by atoms with Gasteiger partial charge in [0.05, 0.1) is 13.2 Å². The third-order valence-corrected chi connectivity index (χ3v) is 2.50. The highest BCUT2D eigenvalue weighted by atomic mass is 16.8. The van der Waals surface area contributed by atoms with Crippen molar-refractivity contribution in [2.24, 2.45) is 5.41 Å². The Hall–Kier alpha value is -1.55. The molecule has 0 unspecified atom stereocenters. The monoisotopic (exact) mass is 309 g/mol. The Morgan fingerprint density at radius 3 is 2.09 bits per heavy atom. The Bertz CT molecular complexity index is 378. The van der Waals surface area contributed by atoms with E-state index in [1.807, 2.05) is 32.9 Å². The minimum absolute atomic E-state index is 0.0594. The van der Waals surface area contributed by atoms with E-state index in [0.29, 0.717) is 13.2 Å². The van der Waals surface area contributed by atoms with Crippen molar-refractivity contribution in [3.63, 3.8) is 0 Å². The molecule has 0 amide bonds. The summed E-state index contributed by atoms with van der Waals surface area (Å²) < 4.78 is 5.02. The summed E-state index contributed by atoms with van der Waals surface area (Å²) in [6.07, 6.45) is 14.9. The molecule has 0 rings (SSSR count). The lowest BCUT2D eigenvalue weighted by atomic mass is 9.99. The molecule has 0 bridgehead atoms. The highest BCUT2D eigenvalue weighted by Gasteiger charge is 2.15. The second kappa shape index (κ2) is 12.0. The Kier molecular flexibility index (Phi) is 11.2. The van der Waals surface area contributed by atoms with Crippen molar-refractivity contribution in [1.82, 2.24) is 5.06 Å². The summed E-state index contributed by atoms with van der Waals surface area (Å²) in [6.45, 7) is 9.00. The maximum Gasteiger partial charge on any atom is 0.527 e. The van der Waals surface area contributed by atoms with Gasteiger partial charge in [0.25, 0.3) is 0 Å². The molecule has 0 aromatic heterocycles. The van der Waals surface area contributed by atoms with Gasteiger partial charge in [-0.25, -0.2) is 4.79 Å². The van der Waals surface area contributed by atoms with Crippen molar-refractivity contribution >= 4 is 6.16 Å². The zero-order valence-electron chi connectivity index (χ0n) is 14.7. The van der Waals surface area contributed by atoms with Gasteiger partial charge in [-0.05, 0) is 24.7 Å². The number of nitrogens with zero attached hydrogens (tertiary/aromatic N) is 1. The van der Waals surface area contributed by atoms with Gasteiger partial charge in [-0.2, -0.15) is 0 Å². The molecule has 4 nitrogen and oxygen atoms in total. The Labute approximate surface area is 135 Å². The number of hydrogen-bond donors (Lipinski definition) is 0. The third kappa shape index (κ3) is 14.9. The van der Waals surface area contributed by atoms with Crippen LogP contribution in [0.15, 0.2) is 36.5 Å². The van der Waals surface area contributed by atoms with Crippen molar-refractivity contribution in [1.29, 1.82) is 0 Å². The lowest BCUT2D eigenvalue weighted by Gasteiger charge is -2.19. The van der Waals surface area contributed by atoms with E-state index in [4.69, 9.17) is 9.57 Å². The van der Waals surface area contributed by atoms with Gasteiger partial charge in [-0.1, -0.05) is 64.2 Å². The number of allylic oxidation sites excluding steroid dienone is 5. The fraction of sp³-hybridized carbons (Fsp3) is 0.611. The number of hydrogen-bond acceptors (Lipinski definition) is 4. The molecular weight excluding hydrogens is 278 g/mol. The van der Waals surface area contributed by atoms with Gasteiger partial charge in [0, 0.05) is 7.05 Å². The molecule has 0 N–H and O–H groups in total. The van der Waals surface area contributed by atoms with E-state index >= 15 is 0 Å². The molecule has 0 aromatic carbocycles. The van der Waals surface area contributed by atoms with Crippen LogP contribution in [0, 0.1) is 5.41 Å². The van der Waals surface area contributed by atoms with Crippen LogP contribution >= 0.6 is 0 Å². The van der Waals surface area contributed by atoms with Crippen LogP contribution in [-0.4, -0.2) is 31.4 Å². The summed E-state index contributed by atoms with van der Waals surface area (Å²) in [5, 5.41) is 1.45. The van der Waals surface area contributed by atoms with Gasteiger partial charge >= 0.3 is 6.16 Å². The molecule has 0 aliphatic rings. The number of ether oxygens (including phenoxy) is 1. The number of rotatable bonds is 9. The first kappa shape index (κ1) is 20.5. The molecule has 0 heterocycles. The van der Waals surface area contributed by atoms with Gasteiger partial charge in [0.15, 0.2) is 0 Å². The van der Waals surface area contributed by atoms with Gasteiger partial charge in [-0.15, -0.1) is 5.06 Å². The smallest absolute Gasteiger partial charge is 0.432 e. The van der Waals surface area contributed by atoms with E-state index in [1.54, 1.807) is 7.05 Å². The van der Waals surface area contributed by atoms with E-state index in [1.165, 1.54) is 5.06 Å². The minimum atomic E-state index is -0.659. The largest absolute Gasteiger partial charge is 0.527 e. The van der Waals surface area contributed by atoms with Crippen LogP contribution in [0.1, 0.15) is 47.0 Å². The summed E-state index contributed by atoms with van der Waals surface area (Å²) in [6, 6.07) is 0. The summed E-state index contributed by atoms with van der Waals surface area (Å²) in [5.74, 6) is 0. The highest BCUT2D eigenvalue weighted by Crippen LogP contribution is 2.13. The lowest BCUT2D eigenvalue weighted by molar-refractivity contribution is -0.107. The fourth-order valence-electron chi connectivity index (χ4n) is 1.40. The first-order chi connectivity index (χ1) is 10.3. The van der Waals surface area contributed by atoms with Crippen LogP contribution in [-0.2, 0) is 9.57 Å². The van der Waals surface area contributed by atoms with E-state index in [-0.39, 0.29) is 5.41 Å². The van der Waals surface area contributed by atoms with E-state index in [0.717, 1.165) is 19.3 Å². The molecule has 0 saturated heterocycles. The molecule has 126 valence electrons. The molecule has 0 fully saturated rings. The zero-order chi connectivity index (χ0) is 16.8. The maximum atomic E-state index is 11.4. The van der Waals surface area contributed by atoms with E-state index in [9.17, 15) is 4.79 Å². The molecule has 22 heavy (non-hydrogen) atoms. The van der Waals surface area contributed by atoms with Crippen molar-refractivity contribution in [2.75, 3.05) is 20.2 Å². The second-order valence-corrected chi connectivity index (χ2v) is 6.29. The molecule has 0 saturated carbocycles. The van der Waals surface area contributed by atoms with Crippen LogP contribution in [0.3, 0.4) is 0 Å². The topological polar surface area (TPSA) is 38.8 Å². The third-order valence-electron chi connectivity index (χ3n) is 2.50.